The van der Waals surface area contributed by atoms with Crippen molar-refractivity contribution in [3.63, 3.8) is 0 Å². The fraction of sp³-hybridized carbons (Fsp3) is 0.250. The minimum absolute atomic E-state index is 0.117. The Morgan fingerprint density at radius 1 is 1.41 bits per heavy atom. The molecular weight excluding hydrogens is 284 g/mol. The van der Waals surface area contributed by atoms with Gasteiger partial charge in [-0.1, -0.05) is 6.08 Å². The zero-order valence-electron chi connectivity index (χ0n) is 12.2. The van der Waals surface area contributed by atoms with Gasteiger partial charge in [-0.05, 0) is 25.1 Å². The maximum atomic E-state index is 11.7. The summed E-state index contributed by atoms with van der Waals surface area (Å²) < 4.78 is 16.3. The van der Waals surface area contributed by atoms with Crippen LogP contribution in [-0.2, 0) is 11.2 Å². The van der Waals surface area contributed by atoms with Gasteiger partial charge in [0.25, 0.3) is 0 Å². The number of carbonyl (C=O) groups is 1. The van der Waals surface area contributed by atoms with Crippen LogP contribution in [0.15, 0.2) is 35.3 Å². The summed E-state index contributed by atoms with van der Waals surface area (Å²) >= 11 is 0. The Morgan fingerprint density at radius 2 is 2.23 bits per heavy atom. The van der Waals surface area contributed by atoms with E-state index >= 15 is 0 Å². The van der Waals surface area contributed by atoms with Crippen LogP contribution in [0.5, 0.6) is 11.5 Å². The molecule has 6 nitrogen and oxygen atoms in total. The quantitative estimate of drug-likeness (QED) is 0.857. The molecule has 3 rings (SSSR count). The average Bonchev–Trinajstić information content (AvgIpc) is 3.11. The van der Waals surface area contributed by atoms with Crippen molar-refractivity contribution < 1.29 is 18.7 Å². The number of carbonyl (C=O) groups excluding carboxylic acids is 1. The maximum absolute atomic E-state index is 11.7. The van der Waals surface area contributed by atoms with Crippen LogP contribution in [0, 0.1) is 6.92 Å². The Labute approximate surface area is 127 Å². The van der Waals surface area contributed by atoms with Crippen LogP contribution in [0.3, 0.4) is 0 Å². The molecule has 0 aliphatic carbocycles. The summed E-state index contributed by atoms with van der Waals surface area (Å²) in [7, 11) is 0. The van der Waals surface area contributed by atoms with E-state index in [1.807, 2.05) is 18.2 Å². The van der Waals surface area contributed by atoms with Crippen molar-refractivity contribution in [1.82, 2.24) is 10.3 Å². The van der Waals surface area contributed by atoms with Gasteiger partial charge >= 0.3 is 0 Å². The van der Waals surface area contributed by atoms with Crippen LogP contribution < -0.4 is 14.8 Å². The monoisotopic (exact) mass is 300 g/mol. The minimum Gasteiger partial charge on any atom is -0.454 e. The van der Waals surface area contributed by atoms with Crippen LogP contribution in [0.1, 0.15) is 11.5 Å². The highest BCUT2D eigenvalue weighted by Crippen LogP contribution is 2.36. The fourth-order valence-corrected chi connectivity index (χ4v) is 2.15. The lowest BCUT2D eigenvalue weighted by Crippen LogP contribution is -2.25. The zero-order valence-corrected chi connectivity index (χ0v) is 12.2. The minimum atomic E-state index is -0.117. The lowest BCUT2D eigenvalue weighted by Gasteiger charge is -1.99. The molecule has 6 heteroatoms. The summed E-state index contributed by atoms with van der Waals surface area (Å²) in [6, 6.07) is 5.48. The number of rotatable bonds is 5. The van der Waals surface area contributed by atoms with Gasteiger partial charge in [-0.15, -0.1) is 6.58 Å². The number of hydrogen-bond acceptors (Lipinski definition) is 5. The zero-order chi connectivity index (χ0) is 15.5. The van der Waals surface area contributed by atoms with Gasteiger partial charge in [-0.2, -0.15) is 0 Å². The second-order valence-electron chi connectivity index (χ2n) is 4.86. The Hall–Kier alpha value is -2.76. The number of oxazole rings is 1. The molecule has 2 aromatic rings. The van der Waals surface area contributed by atoms with E-state index in [1.165, 1.54) is 0 Å². The number of fused-ring (bicyclic) bond motifs is 1. The number of aromatic nitrogens is 1. The topological polar surface area (TPSA) is 73.6 Å². The van der Waals surface area contributed by atoms with Gasteiger partial charge in [0.15, 0.2) is 11.5 Å². The van der Waals surface area contributed by atoms with E-state index in [0.717, 1.165) is 5.56 Å². The van der Waals surface area contributed by atoms with Crippen molar-refractivity contribution in [2.24, 2.45) is 0 Å². The predicted octanol–water partition coefficient (Wildman–Crippen LogP) is 2.22. The normalized spacial score (nSPS) is 12.2. The van der Waals surface area contributed by atoms with E-state index in [0.29, 0.717) is 35.4 Å². The van der Waals surface area contributed by atoms with Crippen molar-refractivity contribution in [3.05, 3.63) is 42.3 Å². The molecule has 114 valence electrons. The molecule has 0 radical (unpaired) electrons. The van der Waals surface area contributed by atoms with Gasteiger partial charge in [0.2, 0.25) is 18.6 Å². The summed E-state index contributed by atoms with van der Waals surface area (Å²) in [5.74, 6) is 2.34. The first-order chi connectivity index (χ1) is 10.7. The van der Waals surface area contributed by atoms with Gasteiger partial charge in [-0.25, -0.2) is 4.98 Å². The molecule has 0 fully saturated rings. The molecule has 1 aliphatic heterocycles. The van der Waals surface area contributed by atoms with E-state index in [-0.39, 0.29) is 19.1 Å². The molecule has 0 saturated carbocycles. The van der Waals surface area contributed by atoms with E-state index < -0.39 is 0 Å². The predicted molar refractivity (Wildman–Crippen MR) is 79.7 cm³/mol. The van der Waals surface area contributed by atoms with E-state index in [1.54, 1.807) is 13.0 Å². The van der Waals surface area contributed by atoms with Crippen LogP contribution in [-0.4, -0.2) is 24.2 Å². The Balaban J connectivity index is 1.80. The number of amides is 1. The first-order valence-corrected chi connectivity index (χ1v) is 6.91. The number of nitrogens with one attached hydrogen (secondary N) is 1. The molecule has 0 spiro atoms. The van der Waals surface area contributed by atoms with Gasteiger partial charge < -0.3 is 19.2 Å². The van der Waals surface area contributed by atoms with Gasteiger partial charge in [0.1, 0.15) is 5.76 Å². The van der Waals surface area contributed by atoms with Crippen molar-refractivity contribution in [1.29, 1.82) is 0 Å². The van der Waals surface area contributed by atoms with Crippen LogP contribution in [0.25, 0.3) is 11.5 Å². The van der Waals surface area contributed by atoms with Crippen molar-refractivity contribution in [3.8, 4) is 23.0 Å². The first-order valence-electron chi connectivity index (χ1n) is 6.91. The second-order valence-corrected chi connectivity index (χ2v) is 4.86. The highest BCUT2D eigenvalue weighted by Gasteiger charge is 2.18. The summed E-state index contributed by atoms with van der Waals surface area (Å²) in [5, 5.41) is 2.72. The Morgan fingerprint density at radius 3 is 3.05 bits per heavy atom. The summed E-state index contributed by atoms with van der Waals surface area (Å²) in [6.45, 7) is 6.01. The maximum Gasteiger partial charge on any atom is 0.231 e. The SMILES string of the molecule is C=CCNC(=O)Cc1nc(-c2ccc3c(c2)OCO3)oc1C. The molecule has 0 unspecified atom stereocenters. The molecule has 1 amide bonds. The van der Waals surface area contributed by atoms with Crippen molar-refractivity contribution in [2.75, 3.05) is 13.3 Å². The molecule has 0 atom stereocenters. The lowest BCUT2D eigenvalue weighted by molar-refractivity contribution is -0.120. The summed E-state index contributed by atoms with van der Waals surface area (Å²) in [6.07, 6.45) is 1.80. The molecule has 1 N–H and O–H groups in total. The molecule has 2 heterocycles. The third-order valence-corrected chi connectivity index (χ3v) is 3.28. The lowest BCUT2D eigenvalue weighted by atomic mass is 10.2. The van der Waals surface area contributed by atoms with E-state index in [2.05, 4.69) is 16.9 Å². The highest BCUT2D eigenvalue weighted by atomic mass is 16.7. The molecule has 0 bridgehead atoms. The summed E-state index contributed by atoms with van der Waals surface area (Å²) in [5.41, 5.74) is 1.40. The van der Waals surface area contributed by atoms with Crippen molar-refractivity contribution in [2.45, 2.75) is 13.3 Å². The highest BCUT2D eigenvalue weighted by molar-refractivity contribution is 5.78. The van der Waals surface area contributed by atoms with Gasteiger partial charge in [0, 0.05) is 12.1 Å². The number of hydrogen-bond donors (Lipinski definition) is 1. The van der Waals surface area contributed by atoms with Crippen LogP contribution in [0.4, 0.5) is 0 Å². The van der Waals surface area contributed by atoms with E-state index in [9.17, 15) is 4.79 Å². The first kappa shape index (κ1) is 14.2. The fourth-order valence-electron chi connectivity index (χ4n) is 2.15. The smallest absolute Gasteiger partial charge is 0.231 e. The average molecular weight is 300 g/mol. The van der Waals surface area contributed by atoms with Crippen LogP contribution in [0.2, 0.25) is 0 Å². The number of nitrogens with zero attached hydrogens (tertiary/aromatic N) is 1. The third-order valence-electron chi connectivity index (χ3n) is 3.28. The molecule has 1 aliphatic rings. The Kier molecular flexibility index (Phi) is 3.82. The molecule has 1 aromatic heterocycles. The third kappa shape index (κ3) is 2.81. The molecule has 22 heavy (non-hydrogen) atoms. The van der Waals surface area contributed by atoms with Crippen LogP contribution >= 0.6 is 0 Å². The molecule has 1 aromatic carbocycles. The standard InChI is InChI=1S/C16H16N2O4/c1-3-6-17-15(19)8-12-10(2)22-16(18-12)11-4-5-13-14(7-11)21-9-20-13/h3-5,7H,1,6,8-9H2,2H3,(H,17,19). The Bertz CT molecular complexity index is 721. The second kappa shape index (κ2) is 5.93. The summed E-state index contributed by atoms with van der Waals surface area (Å²) in [4.78, 5) is 16.1. The largest absolute Gasteiger partial charge is 0.454 e. The number of ether oxygens (including phenoxy) is 2. The molecule has 0 saturated heterocycles. The number of benzene rings is 1. The van der Waals surface area contributed by atoms with Crippen molar-refractivity contribution >= 4 is 5.91 Å². The number of aryl methyl sites for hydroxylation is 1. The van der Waals surface area contributed by atoms with Gasteiger partial charge in [-0.3, -0.25) is 4.79 Å². The molecular formula is C16H16N2O4. The van der Waals surface area contributed by atoms with E-state index in [4.69, 9.17) is 13.9 Å². The van der Waals surface area contributed by atoms with Gasteiger partial charge in [0.05, 0.1) is 12.1 Å².